The predicted octanol–water partition coefficient (Wildman–Crippen LogP) is 1.90. The first kappa shape index (κ1) is 12.0. The van der Waals surface area contributed by atoms with Crippen LogP contribution >= 0.6 is 0 Å². The molecule has 0 fully saturated rings. The maximum absolute atomic E-state index is 13.4. The molecule has 0 radical (unpaired) electrons. The molecule has 92 valence electrons. The molecule has 0 saturated heterocycles. The number of benzene rings is 1. The van der Waals surface area contributed by atoms with Gasteiger partial charge in [0, 0.05) is 0 Å². The molecule has 0 bridgehead atoms. The molecule has 1 aliphatic rings. The Hall–Kier alpha value is -1.42. The first-order valence-corrected chi connectivity index (χ1v) is 5.92. The fourth-order valence-corrected chi connectivity index (χ4v) is 1.87. The van der Waals surface area contributed by atoms with Crippen LogP contribution in [0.25, 0.3) is 0 Å². The van der Waals surface area contributed by atoms with Gasteiger partial charge in [-0.25, -0.2) is 9.38 Å². The number of nitrogens with two attached hydrogens (primary N) is 1. The van der Waals surface area contributed by atoms with Crippen molar-refractivity contribution in [3.05, 3.63) is 35.6 Å². The largest absolute Gasteiger partial charge is 0.478 e. The first-order chi connectivity index (χ1) is 8.29. The molecule has 4 heteroatoms. The van der Waals surface area contributed by atoms with Gasteiger partial charge in [0.1, 0.15) is 12.4 Å². The number of rotatable bonds is 5. The third-order valence-corrected chi connectivity index (χ3v) is 2.81. The van der Waals surface area contributed by atoms with E-state index in [1.54, 1.807) is 12.1 Å². The van der Waals surface area contributed by atoms with E-state index in [4.69, 9.17) is 10.5 Å². The molecule has 1 aromatic rings. The van der Waals surface area contributed by atoms with Gasteiger partial charge in [0.15, 0.2) is 5.90 Å². The molecule has 1 atom stereocenters. The van der Waals surface area contributed by atoms with Gasteiger partial charge in [0.2, 0.25) is 0 Å². The van der Waals surface area contributed by atoms with Crippen LogP contribution in [0.15, 0.2) is 29.3 Å². The van der Waals surface area contributed by atoms with Crippen LogP contribution in [0.3, 0.4) is 0 Å². The van der Waals surface area contributed by atoms with Gasteiger partial charge in [-0.2, -0.15) is 0 Å². The molecule has 0 saturated carbocycles. The van der Waals surface area contributed by atoms with Crippen LogP contribution in [0, 0.1) is 5.82 Å². The van der Waals surface area contributed by atoms with Crippen molar-refractivity contribution >= 4 is 5.90 Å². The highest BCUT2D eigenvalue weighted by Crippen LogP contribution is 2.15. The van der Waals surface area contributed by atoms with Crippen LogP contribution in [0.4, 0.5) is 4.39 Å². The third kappa shape index (κ3) is 3.27. The summed E-state index contributed by atoms with van der Waals surface area (Å²) in [4.78, 5) is 4.43. The molecular formula is C13H17FN2O. The Morgan fingerprint density at radius 2 is 2.24 bits per heavy atom. The SMILES string of the molecule is NCCCC1COC(Cc2ccccc2F)=N1. The minimum atomic E-state index is -0.204. The Bertz CT molecular complexity index is 406. The zero-order valence-electron chi connectivity index (χ0n) is 9.73. The van der Waals surface area contributed by atoms with Crippen LogP contribution in [0.1, 0.15) is 18.4 Å². The Morgan fingerprint density at radius 1 is 1.41 bits per heavy atom. The number of hydrogen-bond donors (Lipinski definition) is 1. The average Bonchev–Trinajstić information content (AvgIpc) is 2.77. The molecule has 0 aliphatic carbocycles. The molecular weight excluding hydrogens is 219 g/mol. The fraction of sp³-hybridized carbons (Fsp3) is 0.462. The smallest absolute Gasteiger partial charge is 0.188 e. The number of nitrogens with zero attached hydrogens (tertiary/aromatic N) is 1. The molecule has 1 aromatic carbocycles. The molecule has 1 aliphatic heterocycles. The summed E-state index contributed by atoms with van der Waals surface area (Å²) < 4.78 is 18.9. The van der Waals surface area contributed by atoms with Gasteiger partial charge in [-0.15, -0.1) is 0 Å². The van der Waals surface area contributed by atoms with Crippen LogP contribution in [0.5, 0.6) is 0 Å². The highest BCUT2D eigenvalue weighted by Gasteiger charge is 2.19. The second-order valence-electron chi connectivity index (χ2n) is 4.19. The fourth-order valence-electron chi connectivity index (χ4n) is 1.87. The summed E-state index contributed by atoms with van der Waals surface area (Å²) in [6.45, 7) is 1.28. The molecule has 17 heavy (non-hydrogen) atoms. The van der Waals surface area contributed by atoms with E-state index in [1.165, 1.54) is 6.07 Å². The van der Waals surface area contributed by atoms with E-state index in [1.807, 2.05) is 6.07 Å². The van der Waals surface area contributed by atoms with Gasteiger partial charge in [-0.3, -0.25) is 0 Å². The molecule has 1 unspecified atom stereocenters. The van der Waals surface area contributed by atoms with Crippen molar-refractivity contribution in [1.29, 1.82) is 0 Å². The third-order valence-electron chi connectivity index (χ3n) is 2.81. The topological polar surface area (TPSA) is 47.6 Å². The molecule has 3 nitrogen and oxygen atoms in total. The predicted molar refractivity (Wildman–Crippen MR) is 65.6 cm³/mol. The van der Waals surface area contributed by atoms with E-state index in [-0.39, 0.29) is 11.9 Å². The Balaban J connectivity index is 1.94. The minimum Gasteiger partial charge on any atom is -0.478 e. The van der Waals surface area contributed by atoms with Crippen molar-refractivity contribution in [3.8, 4) is 0 Å². The summed E-state index contributed by atoms with van der Waals surface area (Å²) in [6.07, 6.45) is 2.33. The standard InChI is InChI=1S/C13H17FN2O/c14-12-6-2-1-4-10(12)8-13-16-11(9-17-13)5-3-7-15/h1-2,4,6,11H,3,5,7-9,15H2. The van der Waals surface area contributed by atoms with Gasteiger partial charge in [0.05, 0.1) is 12.5 Å². The second-order valence-corrected chi connectivity index (χ2v) is 4.19. The van der Waals surface area contributed by atoms with E-state index in [2.05, 4.69) is 4.99 Å². The van der Waals surface area contributed by atoms with E-state index >= 15 is 0 Å². The van der Waals surface area contributed by atoms with Gasteiger partial charge in [-0.1, -0.05) is 18.2 Å². The summed E-state index contributed by atoms with van der Waals surface area (Å²) in [5, 5.41) is 0. The zero-order valence-corrected chi connectivity index (χ0v) is 9.73. The molecule has 0 spiro atoms. The van der Waals surface area contributed by atoms with Crippen molar-refractivity contribution < 1.29 is 9.13 Å². The zero-order chi connectivity index (χ0) is 12.1. The summed E-state index contributed by atoms with van der Waals surface area (Å²) in [6, 6.07) is 6.91. The lowest BCUT2D eigenvalue weighted by Crippen LogP contribution is -2.09. The summed E-state index contributed by atoms with van der Waals surface area (Å²) >= 11 is 0. The van der Waals surface area contributed by atoms with Crippen molar-refractivity contribution in [2.75, 3.05) is 13.2 Å². The Labute approximate surface area is 100 Å². The van der Waals surface area contributed by atoms with Crippen molar-refractivity contribution in [2.45, 2.75) is 25.3 Å². The molecule has 2 rings (SSSR count). The summed E-state index contributed by atoms with van der Waals surface area (Å²) in [5.74, 6) is 0.432. The van der Waals surface area contributed by atoms with Crippen LogP contribution in [0.2, 0.25) is 0 Å². The van der Waals surface area contributed by atoms with E-state index < -0.39 is 0 Å². The summed E-state index contributed by atoms with van der Waals surface area (Å²) in [5.41, 5.74) is 6.08. The second kappa shape index (κ2) is 5.77. The molecule has 0 aromatic heterocycles. The Morgan fingerprint density at radius 3 is 3.00 bits per heavy atom. The van der Waals surface area contributed by atoms with Crippen LogP contribution < -0.4 is 5.73 Å². The van der Waals surface area contributed by atoms with Crippen molar-refractivity contribution in [3.63, 3.8) is 0 Å². The minimum absolute atomic E-state index is 0.195. The van der Waals surface area contributed by atoms with Crippen LogP contribution in [-0.4, -0.2) is 25.1 Å². The lowest BCUT2D eigenvalue weighted by atomic mass is 10.1. The number of ether oxygens (including phenoxy) is 1. The maximum Gasteiger partial charge on any atom is 0.188 e. The normalized spacial score (nSPS) is 18.9. The highest BCUT2D eigenvalue weighted by atomic mass is 19.1. The number of hydrogen-bond acceptors (Lipinski definition) is 3. The van der Waals surface area contributed by atoms with Gasteiger partial charge >= 0.3 is 0 Å². The Kier molecular flexibility index (Phi) is 4.09. The van der Waals surface area contributed by atoms with Gasteiger partial charge < -0.3 is 10.5 Å². The van der Waals surface area contributed by atoms with E-state index in [0.717, 1.165) is 12.8 Å². The van der Waals surface area contributed by atoms with E-state index in [9.17, 15) is 4.39 Å². The van der Waals surface area contributed by atoms with Gasteiger partial charge in [-0.05, 0) is 31.0 Å². The maximum atomic E-state index is 13.4. The number of halogens is 1. The quantitative estimate of drug-likeness (QED) is 0.848. The number of aliphatic imine (C=N–C) groups is 1. The monoisotopic (exact) mass is 236 g/mol. The van der Waals surface area contributed by atoms with Crippen molar-refractivity contribution in [1.82, 2.24) is 0 Å². The van der Waals surface area contributed by atoms with Crippen LogP contribution in [-0.2, 0) is 11.2 Å². The summed E-state index contributed by atoms with van der Waals surface area (Å²) in [7, 11) is 0. The lowest BCUT2D eigenvalue weighted by Gasteiger charge is -2.02. The van der Waals surface area contributed by atoms with Gasteiger partial charge in [0.25, 0.3) is 0 Å². The van der Waals surface area contributed by atoms with Crippen molar-refractivity contribution in [2.24, 2.45) is 10.7 Å². The lowest BCUT2D eigenvalue weighted by molar-refractivity contribution is 0.305. The highest BCUT2D eigenvalue weighted by molar-refractivity contribution is 5.80. The average molecular weight is 236 g/mol. The molecule has 1 heterocycles. The van der Waals surface area contributed by atoms with E-state index in [0.29, 0.717) is 31.0 Å². The first-order valence-electron chi connectivity index (χ1n) is 5.92. The molecule has 0 amide bonds. The molecule has 2 N–H and O–H groups in total.